The van der Waals surface area contributed by atoms with E-state index >= 15 is 0 Å². The molecule has 0 aliphatic rings. The highest BCUT2D eigenvalue weighted by Crippen LogP contribution is 1.99. The first kappa shape index (κ1) is 16.6. The minimum absolute atomic E-state index is 0.343. The van der Waals surface area contributed by atoms with Gasteiger partial charge < -0.3 is 10.5 Å². The summed E-state index contributed by atoms with van der Waals surface area (Å²) in [6.07, 6.45) is 3.43. The normalized spacial score (nSPS) is 9.29. The van der Waals surface area contributed by atoms with Gasteiger partial charge in [0.25, 0.3) is 0 Å². The van der Waals surface area contributed by atoms with E-state index in [2.05, 4.69) is 45.6 Å². The molecule has 0 unspecified atom stereocenters. The molecule has 0 spiro atoms. The molecule has 0 rings (SSSR count). The third-order valence-electron chi connectivity index (χ3n) is 1.48. The van der Waals surface area contributed by atoms with Gasteiger partial charge in [0.15, 0.2) is 0 Å². The van der Waals surface area contributed by atoms with Gasteiger partial charge in [0.1, 0.15) is 0 Å². The summed E-state index contributed by atoms with van der Waals surface area (Å²) < 4.78 is 5.29. The summed E-state index contributed by atoms with van der Waals surface area (Å²) in [4.78, 5) is 0. The number of hydrogen-bond acceptors (Lipinski definition) is 3. The molecule has 2 nitrogen and oxygen atoms in total. The zero-order valence-corrected chi connectivity index (χ0v) is 11.2. The molecule has 0 saturated carbocycles. The Hall–Kier alpha value is 0.200. The lowest BCUT2D eigenvalue weighted by molar-refractivity contribution is 0.292. The predicted molar refractivity (Wildman–Crippen MR) is 71.0 cm³/mol. The van der Waals surface area contributed by atoms with Crippen LogP contribution in [0.1, 0.15) is 40.0 Å². The minimum Gasteiger partial charge on any atom is -0.479 e. The third-order valence-corrected chi connectivity index (χ3v) is 1.73. The van der Waals surface area contributed by atoms with Gasteiger partial charge in [-0.15, -0.1) is 0 Å². The lowest BCUT2D eigenvalue weighted by Crippen LogP contribution is -1.99. The van der Waals surface area contributed by atoms with Gasteiger partial charge in [-0.2, -0.15) is 0 Å². The van der Waals surface area contributed by atoms with E-state index in [-0.39, 0.29) is 0 Å². The van der Waals surface area contributed by atoms with Gasteiger partial charge in [-0.25, -0.2) is 0 Å². The van der Waals surface area contributed by atoms with Crippen molar-refractivity contribution in [1.29, 1.82) is 0 Å². The summed E-state index contributed by atoms with van der Waals surface area (Å²) in [5.74, 6) is 0.674. The SMILES string of the molecule is CC(C)CCOC(=S)S.CCCCN. The second kappa shape index (κ2) is 13.2. The largest absolute Gasteiger partial charge is 0.479 e. The van der Waals surface area contributed by atoms with Crippen LogP contribution in [0.2, 0.25) is 0 Å². The standard InChI is InChI=1S/C6H12OS2.C4H11N/c1-5(2)3-4-7-6(8)9;1-2-3-4-5/h5H,3-4H2,1-2H3,(H,8,9);2-5H2,1H3. The Morgan fingerprint density at radius 3 is 2.29 bits per heavy atom. The lowest BCUT2D eigenvalue weighted by Gasteiger charge is -2.04. The molecule has 0 amide bonds. The number of unbranched alkanes of at least 4 members (excludes halogenated alkanes) is 1. The van der Waals surface area contributed by atoms with E-state index in [0.717, 1.165) is 13.0 Å². The highest BCUT2D eigenvalue weighted by Gasteiger charge is 1.93. The van der Waals surface area contributed by atoms with Crippen LogP contribution in [0.5, 0.6) is 0 Å². The molecule has 0 aliphatic carbocycles. The summed E-state index contributed by atoms with van der Waals surface area (Å²) in [6, 6.07) is 0. The smallest absolute Gasteiger partial charge is 0.216 e. The molecule has 0 radical (unpaired) electrons. The molecule has 0 aromatic heterocycles. The first-order valence-electron chi connectivity index (χ1n) is 5.10. The van der Waals surface area contributed by atoms with Crippen molar-refractivity contribution in [2.45, 2.75) is 40.0 Å². The van der Waals surface area contributed by atoms with E-state index in [9.17, 15) is 0 Å². The van der Waals surface area contributed by atoms with Gasteiger partial charge in [0.2, 0.25) is 4.38 Å². The summed E-state index contributed by atoms with van der Waals surface area (Å²) >= 11 is 8.40. The Bertz CT molecular complexity index is 127. The number of hydrogen-bond donors (Lipinski definition) is 2. The fraction of sp³-hybridized carbons (Fsp3) is 0.900. The minimum atomic E-state index is 0.343. The van der Waals surface area contributed by atoms with Crippen LogP contribution >= 0.6 is 24.8 Å². The Balaban J connectivity index is 0. The molecule has 0 aromatic carbocycles. The Morgan fingerprint density at radius 1 is 1.50 bits per heavy atom. The van der Waals surface area contributed by atoms with Crippen LogP contribution in [0.3, 0.4) is 0 Å². The summed E-state index contributed by atoms with van der Waals surface area (Å²) in [7, 11) is 0. The van der Waals surface area contributed by atoms with Crippen LogP contribution in [0.4, 0.5) is 0 Å². The van der Waals surface area contributed by atoms with Crippen molar-refractivity contribution in [2.75, 3.05) is 13.2 Å². The number of thiocarbonyl (C=S) groups is 1. The molecule has 0 saturated heterocycles. The van der Waals surface area contributed by atoms with Crippen molar-refractivity contribution in [3.05, 3.63) is 0 Å². The second-order valence-electron chi connectivity index (χ2n) is 3.44. The summed E-state index contributed by atoms with van der Waals surface area (Å²) in [5, 5.41) is 0. The topological polar surface area (TPSA) is 35.2 Å². The molecule has 0 heterocycles. The molecule has 4 heteroatoms. The molecule has 86 valence electrons. The maximum absolute atomic E-state index is 5.14. The average Bonchev–Trinajstić information content (AvgIpc) is 2.05. The maximum Gasteiger partial charge on any atom is 0.216 e. The first-order valence-corrected chi connectivity index (χ1v) is 5.95. The second-order valence-corrected chi connectivity index (χ2v) is 4.52. The van der Waals surface area contributed by atoms with Crippen molar-refractivity contribution in [3.8, 4) is 0 Å². The molecular weight excluding hydrogens is 214 g/mol. The van der Waals surface area contributed by atoms with E-state index in [0.29, 0.717) is 16.9 Å². The molecule has 0 aromatic rings. The van der Waals surface area contributed by atoms with E-state index in [1.165, 1.54) is 12.8 Å². The van der Waals surface area contributed by atoms with Crippen molar-refractivity contribution in [2.24, 2.45) is 11.7 Å². The van der Waals surface area contributed by atoms with E-state index in [4.69, 9.17) is 10.5 Å². The maximum atomic E-state index is 5.14. The first-order chi connectivity index (χ1) is 6.54. The van der Waals surface area contributed by atoms with Gasteiger partial charge in [-0.1, -0.05) is 39.8 Å². The van der Waals surface area contributed by atoms with Gasteiger partial charge in [0, 0.05) is 0 Å². The van der Waals surface area contributed by atoms with Crippen LogP contribution in [0.15, 0.2) is 0 Å². The molecule has 14 heavy (non-hydrogen) atoms. The van der Waals surface area contributed by atoms with Crippen LogP contribution < -0.4 is 5.73 Å². The van der Waals surface area contributed by atoms with Crippen molar-refractivity contribution >= 4 is 29.2 Å². The summed E-state index contributed by atoms with van der Waals surface area (Å²) in [5.41, 5.74) is 5.14. The Labute approximate surface area is 99.0 Å². The van der Waals surface area contributed by atoms with E-state index in [1.54, 1.807) is 0 Å². The number of rotatable bonds is 5. The third kappa shape index (κ3) is 22.8. The molecule has 0 bridgehead atoms. The van der Waals surface area contributed by atoms with Crippen LogP contribution in [-0.2, 0) is 4.74 Å². The molecule has 0 aliphatic heterocycles. The van der Waals surface area contributed by atoms with Crippen LogP contribution in [-0.4, -0.2) is 17.5 Å². The monoisotopic (exact) mass is 237 g/mol. The predicted octanol–water partition coefficient (Wildman–Crippen LogP) is 3.01. The highest BCUT2D eigenvalue weighted by atomic mass is 32.1. The zero-order chi connectivity index (χ0) is 11.4. The van der Waals surface area contributed by atoms with Gasteiger partial charge in [-0.3, -0.25) is 0 Å². The fourth-order valence-corrected chi connectivity index (χ4v) is 0.761. The van der Waals surface area contributed by atoms with Crippen molar-refractivity contribution < 1.29 is 4.74 Å². The zero-order valence-electron chi connectivity index (χ0n) is 9.45. The molecule has 0 fully saturated rings. The fourth-order valence-electron chi connectivity index (χ4n) is 0.586. The molecule has 2 N–H and O–H groups in total. The Morgan fingerprint density at radius 2 is 2.07 bits per heavy atom. The number of thiol groups is 1. The van der Waals surface area contributed by atoms with Crippen molar-refractivity contribution in [3.63, 3.8) is 0 Å². The molecular formula is C10H23NOS2. The van der Waals surface area contributed by atoms with Gasteiger partial charge in [-0.05, 0) is 37.5 Å². The lowest BCUT2D eigenvalue weighted by atomic mass is 10.1. The average molecular weight is 237 g/mol. The highest BCUT2D eigenvalue weighted by molar-refractivity contribution is 8.10. The van der Waals surface area contributed by atoms with Gasteiger partial charge >= 0.3 is 0 Å². The van der Waals surface area contributed by atoms with E-state index < -0.39 is 0 Å². The van der Waals surface area contributed by atoms with Gasteiger partial charge in [0.05, 0.1) is 6.61 Å². The molecule has 0 atom stereocenters. The Kier molecular flexibility index (Phi) is 15.7. The number of ether oxygens (including phenoxy) is 1. The van der Waals surface area contributed by atoms with E-state index in [1.807, 2.05) is 0 Å². The quantitative estimate of drug-likeness (QED) is 0.570. The van der Waals surface area contributed by atoms with Crippen molar-refractivity contribution in [1.82, 2.24) is 0 Å². The summed E-state index contributed by atoms with van der Waals surface area (Å²) in [6.45, 7) is 7.96. The van der Waals surface area contributed by atoms with Crippen LogP contribution in [0.25, 0.3) is 0 Å². The van der Waals surface area contributed by atoms with Crippen LogP contribution in [0, 0.1) is 5.92 Å². The number of nitrogens with two attached hydrogens (primary N) is 1.